The quantitative estimate of drug-likeness (QED) is 0.119. The molecule has 0 saturated heterocycles. The number of rotatable bonds is 18. The molecular formula is C27H40O7. The summed E-state index contributed by atoms with van der Waals surface area (Å²) >= 11 is 0. The number of esters is 2. The maximum Gasteiger partial charge on any atom is 0.305 e. The molecular weight excluding hydrogens is 436 g/mol. The molecule has 7 nitrogen and oxygen atoms in total. The molecule has 0 aromatic heterocycles. The van der Waals surface area contributed by atoms with Gasteiger partial charge in [0.05, 0.1) is 12.2 Å². The van der Waals surface area contributed by atoms with Crippen molar-refractivity contribution in [1.29, 1.82) is 0 Å². The first-order chi connectivity index (χ1) is 16.3. The Kier molecular flexibility index (Phi) is 20.3. The van der Waals surface area contributed by atoms with Gasteiger partial charge in [-0.1, -0.05) is 79.8 Å². The van der Waals surface area contributed by atoms with Gasteiger partial charge in [-0.25, -0.2) is 0 Å². The topological polar surface area (TPSA) is 113 Å². The highest BCUT2D eigenvalue weighted by molar-refractivity contribution is 5.69. The van der Waals surface area contributed by atoms with Crippen LogP contribution >= 0.6 is 0 Å². The number of allylic oxidation sites excluding steroid dienone is 8. The Hall–Kier alpha value is -2.74. The van der Waals surface area contributed by atoms with Crippen LogP contribution in [0.5, 0.6) is 0 Å². The molecule has 0 rings (SSSR count). The van der Waals surface area contributed by atoms with Crippen molar-refractivity contribution in [3.05, 3.63) is 72.9 Å². The van der Waals surface area contributed by atoms with Crippen LogP contribution in [-0.2, 0) is 19.1 Å². The molecule has 34 heavy (non-hydrogen) atoms. The van der Waals surface area contributed by atoms with Crippen LogP contribution in [0, 0.1) is 0 Å². The van der Waals surface area contributed by atoms with Crippen LogP contribution in [0.2, 0.25) is 0 Å². The summed E-state index contributed by atoms with van der Waals surface area (Å²) in [6.07, 6.45) is 23.6. The van der Waals surface area contributed by atoms with Crippen LogP contribution in [0.15, 0.2) is 72.9 Å². The van der Waals surface area contributed by atoms with Gasteiger partial charge >= 0.3 is 11.9 Å². The Labute approximate surface area is 203 Å². The minimum Gasteiger partial charge on any atom is -0.463 e. The second-order valence-electron chi connectivity index (χ2n) is 7.49. The molecule has 3 N–H and O–H groups in total. The highest BCUT2D eigenvalue weighted by Gasteiger charge is 2.10. The number of unbranched alkanes of at least 4 members (excludes halogenated alkanes) is 1. The first-order valence-corrected chi connectivity index (χ1v) is 11.7. The van der Waals surface area contributed by atoms with E-state index in [0.29, 0.717) is 19.3 Å². The zero-order chi connectivity index (χ0) is 25.4. The minimum absolute atomic E-state index is 0.191. The first kappa shape index (κ1) is 31.3. The highest BCUT2D eigenvalue weighted by atomic mass is 16.6. The van der Waals surface area contributed by atoms with E-state index in [1.54, 1.807) is 30.4 Å². The molecule has 0 aromatic rings. The number of carbonyl (C=O) groups is 2. The van der Waals surface area contributed by atoms with Gasteiger partial charge in [-0.3, -0.25) is 9.59 Å². The lowest BCUT2D eigenvalue weighted by Gasteiger charge is -2.10. The molecule has 0 saturated carbocycles. The zero-order valence-corrected chi connectivity index (χ0v) is 20.3. The van der Waals surface area contributed by atoms with E-state index in [1.807, 2.05) is 42.5 Å². The van der Waals surface area contributed by atoms with Gasteiger partial charge in [0, 0.05) is 13.3 Å². The summed E-state index contributed by atoms with van der Waals surface area (Å²) in [5.74, 6) is -0.944. The summed E-state index contributed by atoms with van der Waals surface area (Å²) in [5, 5.41) is 29.1. The summed E-state index contributed by atoms with van der Waals surface area (Å²) in [7, 11) is 0. The fraction of sp³-hybridized carbons (Fsp3) is 0.481. The number of hydrogen-bond acceptors (Lipinski definition) is 7. The summed E-state index contributed by atoms with van der Waals surface area (Å²) in [5.41, 5.74) is 0. The van der Waals surface area contributed by atoms with Crippen molar-refractivity contribution in [3.8, 4) is 0 Å². The summed E-state index contributed by atoms with van der Waals surface area (Å²) in [4.78, 5) is 22.2. The standard InChI is InChI=1S/C27H40O7/c1-3-4-11-16-24(29)17-12-8-6-5-7-9-13-18-25(30)19-14-10-15-20-27(32)34-22-26(31)21-33-23(2)28/h4,6-9,11-14,17-19,24-26,29-31H,3,5,10,15-16,20-22H2,1-2H3/b8-6-,9-7-,11-4-,17-12+,18-13+,19-14-/t24-,25-,26-/m1/s1. The van der Waals surface area contributed by atoms with Crippen molar-refractivity contribution in [1.82, 2.24) is 0 Å². The molecule has 0 fully saturated rings. The van der Waals surface area contributed by atoms with E-state index in [0.717, 1.165) is 12.8 Å². The van der Waals surface area contributed by atoms with Crippen LogP contribution in [-0.4, -0.2) is 58.8 Å². The van der Waals surface area contributed by atoms with E-state index in [-0.39, 0.29) is 19.6 Å². The second kappa shape index (κ2) is 22.1. The van der Waals surface area contributed by atoms with Crippen molar-refractivity contribution in [3.63, 3.8) is 0 Å². The van der Waals surface area contributed by atoms with Gasteiger partial charge in [-0.05, 0) is 32.1 Å². The second-order valence-corrected chi connectivity index (χ2v) is 7.49. The van der Waals surface area contributed by atoms with Gasteiger partial charge in [0.25, 0.3) is 0 Å². The van der Waals surface area contributed by atoms with Crippen LogP contribution < -0.4 is 0 Å². The maximum absolute atomic E-state index is 11.6. The van der Waals surface area contributed by atoms with Gasteiger partial charge in [0.2, 0.25) is 0 Å². The van der Waals surface area contributed by atoms with Crippen molar-refractivity contribution in [2.75, 3.05) is 13.2 Å². The normalized spacial score (nSPS) is 15.3. The van der Waals surface area contributed by atoms with E-state index in [9.17, 15) is 24.9 Å². The third kappa shape index (κ3) is 22.5. The Morgan fingerprint density at radius 3 is 2.18 bits per heavy atom. The molecule has 0 heterocycles. The zero-order valence-electron chi connectivity index (χ0n) is 20.3. The Morgan fingerprint density at radius 1 is 0.824 bits per heavy atom. The lowest BCUT2D eigenvalue weighted by molar-refractivity contribution is -0.151. The number of ether oxygens (including phenoxy) is 2. The Morgan fingerprint density at radius 2 is 1.50 bits per heavy atom. The third-order valence-electron chi connectivity index (χ3n) is 4.19. The molecule has 190 valence electrons. The van der Waals surface area contributed by atoms with Crippen molar-refractivity contribution in [2.24, 2.45) is 0 Å². The number of carbonyl (C=O) groups excluding carboxylic acids is 2. The molecule has 7 heteroatoms. The average molecular weight is 477 g/mol. The average Bonchev–Trinajstić information content (AvgIpc) is 2.80. The van der Waals surface area contributed by atoms with Gasteiger partial charge in [0.15, 0.2) is 0 Å². The van der Waals surface area contributed by atoms with E-state index in [1.165, 1.54) is 6.92 Å². The van der Waals surface area contributed by atoms with Gasteiger partial charge in [-0.15, -0.1) is 0 Å². The molecule has 0 unspecified atom stereocenters. The van der Waals surface area contributed by atoms with Gasteiger partial charge in [-0.2, -0.15) is 0 Å². The predicted octanol–water partition coefficient (Wildman–Crippen LogP) is 3.87. The lowest BCUT2D eigenvalue weighted by atomic mass is 10.2. The molecule has 0 aliphatic heterocycles. The fourth-order valence-electron chi connectivity index (χ4n) is 2.43. The number of aliphatic hydroxyl groups is 3. The molecule has 0 bridgehead atoms. The minimum atomic E-state index is -1.03. The lowest BCUT2D eigenvalue weighted by Crippen LogP contribution is -2.24. The SMILES string of the molecule is CC/C=C\C[C@@H](O)/C=C/C=C\C/C=C\C=C\[C@@H](O)/C=C\CCCC(=O)OC[C@H](O)COC(C)=O. The van der Waals surface area contributed by atoms with Crippen LogP contribution in [0.25, 0.3) is 0 Å². The molecule has 0 aliphatic carbocycles. The highest BCUT2D eigenvalue weighted by Crippen LogP contribution is 2.02. The van der Waals surface area contributed by atoms with Crippen LogP contribution in [0.1, 0.15) is 52.4 Å². The van der Waals surface area contributed by atoms with Crippen molar-refractivity contribution in [2.45, 2.75) is 70.7 Å². The van der Waals surface area contributed by atoms with Crippen LogP contribution in [0.4, 0.5) is 0 Å². The van der Waals surface area contributed by atoms with E-state index < -0.39 is 30.3 Å². The number of hydrogen-bond donors (Lipinski definition) is 3. The van der Waals surface area contributed by atoms with E-state index >= 15 is 0 Å². The Bertz CT molecular complexity index is 716. The smallest absolute Gasteiger partial charge is 0.305 e. The molecule has 0 aliphatic rings. The van der Waals surface area contributed by atoms with Crippen molar-refractivity contribution >= 4 is 11.9 Å². The Balaban J connectivity index is 3.89. The number of aliphatic hydroxyl groups excluding tert-OH is 3. The predicted molar refractivity (Wildman–Crippen MR) is 134 cm³/mol. The van der Waals surface area contributed by atoms with Crippen LogP contribution in [0.3, 0.4) is 0 Å². The maximum atomic E-state index is 11.6. The molecule has 3 atom stereocenters. The molecule has 0 amide bonds. The molecule has 0 aromatic carbocycles. The first-order valence-electron chi connectivity index (χ1n) is 11.7. The van der Waals surface area contributed by atoms with Crippen molar-refractivity contribution < 1.29 is 34.4 Å². The fourth-order valence-corrected chi connectivity index (χ4v) is 2.43. The van der Waals surface area contributed by atoms with Gasteiger partial charge in [0.1, 0.15) is 19.3 Å². The van der Waals surface area contributed by atoms with E-state index in [4.69, 9.17) is 4.74 Å². The van der Waals surface area contributed by atoms with E-state index in [2.05, 4.69) is 11.7 Å². The third-order valence-corrected chi connectivity index (χ3v) is 4.19. The summed E-state index contributed by atoms with van der Waals surface area (Å²) in [6, 6.07) is 0. The van der Waals surface area contributed by atoms with Gasteiger partial charge < -0.3 is 24.8 Å². The monoisotopic (exact) mass is 476 g/mol. The summed E-state index contributed by atoms with van der Waals surface area (Å²) in [6.45, 7) is 2.87. The largest absolute Gasteiger partial charge is 0.463 e. The molecule has 0 radical (unpaired) electrons. The molecule has 0 spiro atoms. The summed E-state index contributed by atoms with van der Waals surface area (Å²) < 4.78 is 9.52.